The summed E-state index contributed by atoms with van der Waals surface area (Å²) >= 11 is 0. The highest BCUT2D eigenvalue weighted by Crippen LogP contribution is 2.23. The molecule has 7 nitrogen and oxygen atoms in total. The fourth-order valence-corrected chi connectivity index (χ4v) is 2.67. The molecule has 0 bridgehead atoms. The Bertz CT molecular complexity index is 561. The molecule has 1 heterocycles. The summed E-state index contributed by atoms with van der Waals surface area (Å²) in [5.41, 5.74) is 6.19. The predicted molar refractivity (Wildman–Crippen MR) is 80.1 cm³/mol. The van der Waals surface area contributed by atoms with E-state index < -0.39 is 4.92 Å². The monoisotopic (exact) mass is 292 g/mol. The minimum atomic E-state index is -0.518. The molecule has 114 valence electrons. The number of non-ortho nitro benzene ring substituents is 1. The summed E-state index contributed by atoms with van der Waals surface area (Å²) in [7, 11) is 2.02. The number of carbonyl (C=O) groups is 1. The van der Waals surface area contributed by atoms with Gasteiger partial charge in [-0.3, -0.25) is 14.9 Å². The van der Waals surface area contributed by atoms with Crippen molar-refractivity contribution in [2.45, 2.75) is 19.4 Å². The van der Waals surface area contributed by atoms with Crippen LogP contribution in [0.25, 0.3) is 0 Å². The highest BCUT2D eigenvalue weighted by atomic mass is 16.6. The molecule has 1 saturated heterocycles. The van der Waals surface area contributed by atoms with E-state index in [0.29, 0.717) is 6.54 Å². The van der Waals surface area contributed by atoms with Crippen LogP contribution >= 0.6 is 0 Å². The SMILES string of the molecule is CC1CN(C)CCCN1C(=O)c1cc([N+](=O)[O-])ccc1N. The molecule has 0 saturated carbocycles. The second-order valence-corrected chi connectivity index (χ2v) is 5.49. The number of hydrogen-bond donors (Lipinski definition) is 1. The number of nitrogens with two attached hydrogens (primary N) is 1. The molecule has 2 N–H and O–H groups in total. The molecule has 0 spiro atoms. The second kappa shape index (κ2) is 6.09. The van der Waals surface area contributed by atoms with Gasteiger partial charge in [-0.2, -0.15) is 0 Å². The predicted octanol–water partition coefficient (Wildman–Crippen LogP) is 1.34. The van der Waals surface area contributed by atoms with Crippen LogP contribution in [0.4, 0.5) is 11.4 Å². The molecule has 1 aliphatic rings. The lowest BCUT2D eigenvalue weighted by Crippen LogP contribution is -2.42. The first-order valence-electron chi connectivity index (χ1n) is 6.93. The summed E-state index contributed by atoms with van der Waals surface area (Å²) < 4.78 is 0. The van der Waals surface area contributed by atoms with E-state index in [4.69, 9.17) is 5.73 Å². The summed E-state index contributed by atoms with van der Waals surface area (Å²) in [4.78, 5) is 26.9. The average molecular weight is 292 g/mol. The summed E-state index contributed by atoms with van der Waals surface area (Å²) in [5.74, 6) is -0.237. The van der Waals surface area contributed by atoms with Crippen molar-refractivity contribution in [1.29, 1.82) is 0 Å². The van der Waals surface area contributed by atoms with E-state index in [1.54, 1.807) is 4.90 Å². The van der Waals surface area contributed by atoms with Crippen LogP contribution < -0.4 is 5.73 Å². The van der Waals surface area contributed by atoms with Gasteiger partial charge in [0.05, 0.1) is 10.5 Å². The van der Waals surface area contributed by atoms with E-state index in [1.807, 2.05) is 14.0 Å². The van der Waals surface area contributed by atoms with Crippen molar-refractivity contribution in [2.24, 2.45) is 0 Å². The van der Waals surface area contributed by atoms with E-state index >= 15 is 0 Å². The number of rotatable bonds is 2. The number of likely N-dealkylation sites (N-methyl/N-ethyl adjacent to an activating group) is 1. The van der Waals surface area contributed by atoms with Gasteiger partial charge in [-0.15, -0.1) is 0 Å². The summed E-state index contributed by atoms with van der Waals surface area (Å²) in [6.45, 7) is 4.32. The van der Waals surface area contributed by atoms with Gasteiger partial charge in [-0.25, -0.2) is 0 Å². The van der Waals surface area contributed by atoms with Crippen LogP contribution in [0.15, 0.2) is 18.2 Å². The van der Waals surface area contributed by atoms with Crippen LogP contribution in [0.3, 0.4) is 0 Å². The molecule has 1 aromatic rings. The molecule has 0 aliphatic carbocycles. The zero-order valence-electron chi connectivity index (χ0n) is 12.3. The van der Waals surface area contributed by atoms with Gasteiger partial charge in [0.25, 0.3) is 11.6 Å². The molecular formula is C14H20N4O3. The quantitative estimate of drug-likeness (QED) is 0.504. The average Bonchev–Trinajstić information content (AvgIpc) is 2.58. The van der Waals surface area contributed by atoms with Crippen LogP contribution in [0.2, 0.25) is 0 Å². The summed E-state index contributed by atoms with van der Waals surface area (Å²) in [6, 6.07) is 4.04. The number of anilines is 1. The standard InChI is InChI=1S/C14H20N4O3/c1-10-9-16(2)6-3-7-17(10)14(19)12-8-11(18(20)21)4-5-13(12)15/h4-5,8,10H,3,6-7,9,15H2,1-2H3. The summed E-state index contributed by atoms with van der Waals surface area (Å²) in [6.07, 6.45) is 0.876. The van der Waals surface area contributed by atoms with Crippen molar-refractivity contribution in [1.82, 2.24) is 9.80 Å². The fourth-order valence-electron chi connectivity index (χ4n) is 2.67. The largest absolute Gasteiger partial charge is 0.398 e. The Kier molecular flexibility index (Phi) is 4.42. The van der Waals surface area contributed by atoms with Crippen molar-refractivity contribution < 1.29 is 9.72 Å². The number of carbonyl (C=O) groups excluding carboxylic acids is 1. The lowest BCUT2D eigenvalue weighted by atomic mass is 10.1. The highest BCUT2D eigenvalue weighted by Gasteiger charge is 2.27. The van der Waals surface area contributed by atoms with Gasteiger partial charge in [-0.1, -0.05) is 0 Å². The van der Waals surface area contributed by atoms with Gasteiger partial charge in [0.1, 0.15) is 0 Å². The lowest BCUT2D eigenvalue weighted by molar-refractivity contribution is -0.384. The molecule has 1 fully saturated rings. The zero-order chi connectivity index (χ0) is 15.6. The van der Waals surface area contributed by atoms with Gasteiger partial charge in [0, 0.05) is 37.0 Å². The molecule has 2 rings (SSSR count). The third-order valence-electron chi connectivity index (χ3n) is 3.79. The number of benzene rings is 1. The number of nitro benzene ring substituents is 1. The van der Waals surface area contributed by atoms with E-state index in [1.165, 1.54) is 18.2 Å². The third kappa shape index (κ3) is 3.30. The number of nitrogens with zero attached hydrogens (tertiary/aromatic N) is 3. The molecule has 1 unspecified atom stereocenters. The van der Waals surface area contributed by atoms with Crippen LogP contribution in [-0.2, 0) is 0 Å². The topological polar surface area (TPSA) is 92.7 Å². The van der Waals surface area contributed by atoms with Crippen LogP contribution in [0.5, 0.6) is 0 Å². The maximum absolute atomic E-state index is 12.7. The minimum Gasteiger partial charge on any atom is -0.398 e. The van der Waals surface area contributed by atoms with Crippen molar-refractivity contribution in [3.8, 4) is 0 Å². The Labute approximate surface area is 123 Å². The molecule has 1 amide bonds. The van der Waals surface area contributed by atoms with Gasteiger partial charge in [0.15, 0.2) is 0 Å². The van der Waals surface area contributed by atoms with Crippen molar-refractivity contribution in [3.63, 3.8) is 0 Å². The zero-order valence-corrected chi connectivity index (χ0v) is 12.3. The Hall–Kier alpha value is -2.15. The highest BCUT2D eigenvalue weighted by molar-refractivity contribution is 6.00. The molecule has 1 aromatic carbocycles. The van der Waals surface area contributed by atoms with Gasteiger partial charge >= 0.3 is 0 Å². The van der Waals surface area contributed by atoms with Crippen molar-refractivity contribution in [3.05, 3.63) is 33.9 Å². The Morgan fingerprint density at radius 2 is 2.14 bits per heavy atom. The van der Waals surface area contributed by atoms with Gasteiger partial charge < -0.3 is 15.5 Å². The molecule has 1 atom stereocenters. The van der Waals surface area contributed by atoms with Crippen molar-refractivity contribution >= 4 is 17.3 Å². The van der Waals surface area contributed by atoms with E-state index in [-0.39, 0.29) is 28.9 Å². The van der Waals surface area contributed by atoms with Crippen LogP contribution in [0.1, 0.15) is 23.7 Å². The first-order chi connectivity index (χ1) is 9.90. The molecule has 0 aromatic heterocycles. The normalized spacial score (nSPS) is 20.1. The van der Waals surface area contributed by atoms with Gasteiger partial charge in [0.2, 0.25) is 0 Å². The molecule has 7 heteroatoms. The lowest BCUT2D eigenvalue weighted by Gasteiger charge is -2.28. The van der Waals surface area contributed by atoms with Crippen LogP contribution in [-0.4, -0.2) is 53.4 Å². The smallest absolute Gasteiger partial charge is 0.270 e. The first kappa shape index (κ1) is 15.2. The van der Waals surface area contributed by atoms with E-state index in [9.17, 15) is 14.9 Å². The second-order valence-electron chi connectivity index (χ2n) is 5.49. The molecular weight excluding hydrogens is 272 g/mol. The third-order valence-corrected chi connectivity index (χ3v) is 3.79. The Morgan fingerprint density at radius 3 is 2.81 bits per heavy atom. The number of amides is 1. The van der Waals surface area contributed by atoms with E-state index in [2.05, 4.69) is 4.90 Å². The fraction of sp³-hybridized carbons (Fsp3) is 0.500. The minimum absolute atomic E-state index is 0.0451. The van der Waals surface area contributed by atoms with Crippen LogP contribution in [0, 0.1) is 10.1 Å². The molecule has 1 aliphatic heterocycles. The number of nitrogen functional groups attached to an aromatic ring is 1. The molecule has 0 radical (unpaired) electrons. The Morgan fingerprint density at radius 1 is 1.43 bits per heavy atom. The van der Waals surface area contributed by atoms with Crippen molar-refractivity contribution in [2.75, 3.05) is 32.4 Å². The number of nitro groups is 1. The Balaban J connectivity index is 2.30. The first-order valence-corrected chi connectivity index (χ1v) is 6.93. The number of hydrogen-bond acceptors (Lipinski definition) is 5. The summed E-state index contributed by atoms with van der Waals surface area (Å²) in [5, 5.41) is 10.9. The maximum Gasteiger partial charge on any atom is 0.270 e. The molecule has 21 heavy (non-hydrogen) atoms. The van der Waals surface area contributed by atoms with Gasteiger partial charge in [-0.05, 0) is 33.0 Å². The van der Waals surface area contributed by atoms with E-state index in [0.717, 1.165) is 19.5 Å². The maximum atomic E-state index is 12.7.